The zero-order valence-corrected chi connectivity index (χ0v) is 16.8. The molecule has 7 nitrogen and oxygen atoms in total. The summed E-state index contributed by atoms with van der Waals surface area (Å²) in [7, 11) is 0. The summed E-state index contributed by atoms with van der Waals surface area (Å²) in [6.07, 6.45) is 11.2. The molecule has 29 heavy (non-hydrogen) atoms. The zero-order valence-electron chi connectivity index (χ0n) is 16.8. The van der Waals surface area contributed by atoms with Crippen molar-refractivity contribution in [3.63, 3.8) is 0 Å². The third-order valence-electron chi connectivity index (χ3n) is 5.48. The number of aryl methyl sites for hydroxylation is 3. The summed E-state index contributed by atoms with van der Waals surface area (Å²) in [5, 5.41) is 4.00. The van der Waals surface area contributed by atoms with Crippen LogP contribution in [-0.2, 0) is 17.6 Å². The Kier molecular flexibility index (Phi) is 5.64. The number of aromatic nitrogens is 4. The number of hydrogen-bond donors (Lipinski definition) is 0. The van der Waals surface area contributed by atoms with Gasteiger partial charge in [-0.15, -0.1) is 0 Å². The van der Waals surface area contributed by atoms with Gasteiger partial charge in [-0.05, 0) is 51.2 Å². The van der Waals surface area contributed by atoms with E-state index >= 15 is 0 Å². The molecule has 4 rings (SSSR count). The van der Waals surface area contributed by atoms with Crippen LogP contribution in [0.5, 0.6) is 0 Å². The smallest absolute Gasteiger partial charge is 0.227 e. The molecule has 150 valence electrons. The average Bonchev–Trinajstić information content (AvgIpc) is 3.33. The summed E-state index contributed by atoms with van der Waals surface area (Å²) in [4.78, 5) is 28.0. The number of carbonyl (C=O) groups excluding carboxylic acids is 1. The molecule has 1 unspecified atom stereocenters. The molecule has 4 heterocycles. The lowest BCUT2D eigenvalue weighted by atomic mass is 10.1. The first-order valence-corrected chi connectivity index (χ1v) is 10.0. The Balaban J connectivity index is 1.41. The summed E-state index contributed by atoms with van der Waals surface area (Å²) in [6, 6.07) is 4.07. The molecule has 1 saturated heterocycles. The van der Waals surface area contributed by atoms with E-state index < -0.39 is 0 Å². The molecule has 0 aliphatic carbocycles. The lowest BCUT2D eigenvalue weighted by molar-refractivity contribution is -0.131. The van der Waals surface area contributed by atoms with Crippen molar-refractivity contribution in [3.05, 3.63) is 59.6 Å². The Hall–Kier alpha value is -3.09. The maximum absolute atomic E-state index is 12.8. The van der Waals surface area contributed by atoms with Crippen LogP contribution in [0.2, 0.25) is 0 Å². The van der Waals surface area contributed by atoms with E-state index in [1.807, 2.05) is 30.9 Å². The fraction of sp³-hybridized carbons (Fsp3) is 0.409. The van der Waals surface area contributed by atoms with Gasteiger partial charge in [0, 0.05) is 31.2 Å². The summed E-state index contributed by atoms with van der Waals surface area (Å²) in [5.74, 6) is 0.924. The van der Waals surface area contributed by atoms with Crippen LogP contribution >= 0.6 is 0 Å². The van der Waals surface area contributed by atoms with Crippen molar-refractivity contribution in [1.82, 2.24) is 25.0 Å². The lowest BCUT2D eigenvalue weighted by Gasteiger charge is -2.24. The highest BCUT2D eigenvalue weighted by Gasteiger charge is 2.28. The molecule has 0 spiro atoms. The van der Waals surface area contributed by atoms with Crippen LogP contribution in [0.1, 0.15) is 42.0 Å². The molecule has 3 aromatic heterocycles. The minimum Gasteiger partial charge on any atom is -0.361 e. The molecular weight excluding hydrogens is 366 g/mol. The van der Waals surface area contributed by atoms with E-state index in [1.165, 1.54) is 0 Å². The minimum absolute atomic E-state index is 0.177. The van der Waals surface area contributed by atoms with Gasteiger partial charge in [-0.2, -0.15) is 0 Å². The number of likely N-dealkylation sites (tertiary alicyclic amines) is 1. The third-order valence-corrected chi connectivity index (χ3v) is 5.48. The van der Waals surface area contributed by atoms with E-state index in [2.05, 4.69) is 15.1 Å². The lowest BCUT2D eigenvalue weighted by Crippen LogP contribution is -2.36. The van der Waals surface area contributed by atoms with Gasteiger partial charge < -0.3 is 9.42 Å². The monoisotopic (exact) mass is 391 g/mol. The Morgan fingerprint density at radius 3 is 2.90 bits per heavy atom. The number of nitrogens with zero attached hydrogens (tertiary/aromatic N) is 5. The molecule has 3 aromatic rings. The first-order chi connectivity index (χ1) is 14.1. The van der Waals surface area contributed by atoms with E-state index in [9.17, 15) is 4.79 Å². The average molecular weight is 391 g/mol. The minimum atomic E-state index is 0.177. The van der Waals surface area contributed by atoms with Crippen LogP contribution in [0.4, 0.5) is 0 Å². The largest absolute Gasteiger partial charge is 0.361 e. The molecule has 0 radical (unpaired) electrons. The Morgan fingerprint density at radius 1 is 1.24 bits per heavy atom. The standard InChI is InChI=1S/C22H25N5O2/c1-15-22(16(2)29-26-15)20-14-24-13-18(25-20)7-8-19-6-4-10-27(19)21(28)11-17-5-3-9-23-12-17/h3,5,9,12-14,19H,4,6-8,10-11H2,1-2H3. The molecule has 0 saturated carbocycles. The van der Waals surface area contributed by atoms with Gasteiger partial charge >= 0.3 is 0 Å². The van der Waals surface area contributed by atoms with Crippen molar-refractivity contribution in [1.29, 1.82) is 0 Å². The quantitative estimate of drug-likeness (QED) is 0.641. The molecule has 1 amide bonds. The van der Waals surface area contributed by atoms with Crippen molar-refractivity contribution in [2.24, 2.45) is 0 Å². The highest BCUT2D eigenvalue weighted by atomic mass is 16.5. The highest BCUT2D eigenvalue weighted by molar-refractivity contribution is 5.79. The second-order valence-corrected chi connectivity index (χ2v) is 7.55. The SMILES string of the molecule is Cc1noc(C)c1-c1cncc(CCC2CCCN2C(=O)Cc2cccnc2)n1. The van der Waals surface area contributed by atoms with Gasteiger partial charge in [0.05, 0.1) is 35.3 Å². The molecule has 0 bridgehead atoms. The van der Waals surface area contributed by atoms with Gasteiger partial charge in [0.15, 0.2) is 0 Å². The van der Waals surface area contributed by atoms with Crippen LogP contribution in [0, 0.1) is 13.8 Å². The number of pyridine rings is 1. The first-order valence-electron chi connectivity index (χ1n) is 10.0. The van der Waals surface area contributed by atoms with E-state index in [4.69, 9.17) is 9.51 Å². The summed E-state index contributed by atoms with van der Waals surface area (Å²) in [5.41, 5.74) is 4.40. The predicted octanol–water partition coefficient (Wildman–Crippen LogP) is 3.31. The maximum Gasteiger partial charge on any atom is 0.227 e. The second-order valence-electron chi connectivity index (χ2n) is 7.55. The first kappa shape index (κ1) is 19.2. The van der Waals surface area contributed by atoms with Gasteiger partial charge in [-0.3, -0.25) is 14.8 Å². The van der Waals surface area contributed by atoms with E-state index in [1.54, 1.807) is 24.8 Å². The fourth-order valence-corrected chi connectivity index (χ4v) is 4.05. The number of carbonyl (C=O) groups is 1. The molecule has 1 aliphatic heterocycles. The fourth-order valence-electron chi connectivity index (χ4n) is 4.05. The summed E-state index contributed by atoms with van der Waals surface area (Å²) in [6.45, 7) is 4.62. The number of hydrogen-bond acceptors (Lipinski definition) is 6. The predicted molar refractivity (Wildman–Crippen MR) is 108 cm³/mol. The van der Waals surface area contributed by atoms with Crippen LogP contribution in [0.15, 0.2) is 41.4 Å². The summed E-state index contributed by atoms with van der Waals surface area (Å²) >= 11 is 0. The highest BCUT2D eigenvalue weighted by Crippen LogP contribution is 2.26. The molecule has 0 N–H and O–H groups in total. The normalized spacial score (nSPS) is 16.3. The number of amides is 1. The molecular formula is C22H25N5O2. The van der Waals surface area contributed by atoms with Crippen molar-refractivity contribution in [2.75, 3.05) is 6.54 Å². The molecule has 1 aliphatic rings. The third kappa shape index (κ3) is 4.34. The van der Waals surface area contributed by atoms with Gasteiger partial charge in [-0.25, -0.2) is 4.98 Å². The van der Waals surface area contributed by atoms with Crippen LogP contribution < -0.4 is 0 Å². The van der Waals surface area contributed by atoms with Gasteiger partial charge in [0.1, 0.15) is 5.76 Å². The number of rotatable bonds is 6. The van der Waals surface area contributed by atoms with Gasteiger partial charge in [-0.1, -0.05) is 11.2 Å². The zero-order chi connectivity index (χ0) is 20.2. The van der Waals surface area contributed by atoms with Crippen molar-refractivity contribution < 1.29 is 9.32 Å². The Morgan fingerprint density at radius 2 is 2.14 bits per heavy atom. The van der Waals surface area contributed by atoms with Crippen molar-refractivity contribution in [3.8, 4) is 11.3 Å². The van der Waals surface area contributed by atoms with Crippen molar-refractivity contribution in [2.45, 2.75) is 52.0 Å². The molecule has 1 atom stereocenters. The van der Waals surface area contributed by atoms with E-state index in [0.717, 1.165) is 66.2 Å². The Labute approximate surface area is 170 Å². The maximum atomic E-state index is 12.8. The van der Waals surface area contributed by atoms with Crippen LogP contribution in [0.3, 0.4) is 0 Å². The molecule has 0 aromatic carbocycles. The van der Waals surface area contributed by atoms with Crippen molar-refractivity contribution >= 4 is 5.91 Å². The van der Waals surface area contributed by atoms with Gasteiger partial charge in [0.25, 0.3) is 0 Å². The molecule has 1 fully saturated rings. The van der Waals surface area contributed by atoms with Gasteiger partial charge in [0.2, 0.25) is 5.91 Å². The Bertz CT molecular complexity index is 966. The van der Waals surface area contributed by atoms with E-state index in [0.29, 0.717) is 6.42 Å². The topological polar surface area (TPSA) is 85.0 Å². The van der Waals surface area contributed by atoms with Crippen LogP contribution in [-0.4, -0.2) is 43.5 Å². The summed E-state index contributed by atoms with van der Waals surface area (Å²) < 4.78 is 5.25. The van der Waals surface area contributed by atoms with E-state index in [-0.39, 0.29) is 11.9 Å². The van der Waals surface area contributed by atoms with Crippen LogP contribution in [0.25, 0.3) is 11.3 Å². The molecule has 7 heteroatoms. The second kappa shape index (κ2) is 8.51.